The van der Waals surface area contributed by atoms with Gasteiger partial charge in [0.05, 0.1) is 17.6 Å². The van der Waals surface area contributed by atoms with Gasteiger partial charge in [0.25, 0.3) is 21.8 Å². The minimum Gasteiger partial charge on any atom is -0.352 e. The van der Waals surface area contributed by atoms with Gasteiger partial charge in [-0.15, -0.1) is 11.8 Å². The summed E-state index contributed by atoms with van der Waals surface area (Å²) < 4.78 is 30.7. The zero-order valence-corrected chi connectivity index (χ0v) is 33.0. The summed E-state index contributed by atoms with van der Waals surface area (Å²) in [6.07, 6.45) is 6.44. The summed E-state index contributed by atoms with van der Waals surface area (Å²) in [6.45, 7) is 1.74. The highest BCUT2D eigenvalue weighted by molar-refractivity contribution is 7.99. The normalized spacial score (nSPS) is 13.3. The lowest BCUT2D eigenvalue weighted by Gasteiger charge is -2.31. The van der Waals surface area contributed by atoms with E-state index in [2.05, 4.69) is 52.6 Å². The van der Waals surface area contributed by atoms with Gasteiger partial charge in [-0.1, -0.05) is 36.4 Å². The molecule has 2 aromatic carbocycles. The van der Waals surface area contributed by atoms with Gasteiger partial charge in [-0.25, -0.2) is 27.6 Å². The van der Waals surface area contributed by atoms with Crippen LogP contribution in [0.15, 0.2) is 113 Å². The monoisotopic (exact) mass is 806 g/mol. The number of thioether (sulfide) groups is 1. The van der Waals surface area contributed by atoms with Gasteiger partial charge in [0.1, 0.15) is 16.4 Å². The number of amides is 2. The Morgan fingerprint density at radius 1 is 0.982 bits per heavy atom. The van der Waals surface area contributed by atoms with Gasteiger partial charge < -0.3 is 15.1 Å². The summed E-state index contributed by atoms with van der Waals surface area (Å²) >= 11 is 1.73. The molecule has 0 bridgehead atoms. The van der Waals surface area contributed by atoms with Crippen molar-refractivity contribution in [1.82, 2.24) is 34.2 Å². The number of fused-ring (bicyclic) bond motifs is 2. The SMILES string of the molecule is CN(C)CC[C@H](CSc1ccccc1)Cc1ncc(S(=O)(=O)NC(=O)c2cccc(N3CCc4cccc(C(=O)Nc5cn6ncccc6n5)c4C3)n2)cc1NO. The van der Waals surface area contributed by atoms with Crippen LogP contribution < -0.4 is 20.4 Å². The molecular weight excluding hydrogens is 765 g/mol. The second-order valence-corrected chi connectivity index (χ2v) is 16.7. The molecule has 1 atom stereocenters. The smallest absolute Gasteiger partial charge is 0.283 e. The number of carbonyl (C=O) groups excluding carboxylic acids is 2. The number of benzene rings is 2. The van der Waals surface area contributed by atoms with Crippen molar-refractivity contribution in [3.63, 3.8) is 0 Å². The van der Waals surface area contributed by atoms with Crippen molar-refractivity contribution in [2.24, 2.45) is 5.92 Å². The number of carbonyl (C=O) groups is 2. The van der Waals surface area contributed by atoms with Crippen LogP contribution in [-0.4, -0.2) is 87.8 Å². The van der Waals surface area contributed by atoms with Crippen LogP contribution in [-0.2, 0) is 29.4 Å². The van der Waals surface area contributed by atoms with Gasteiger partial charge >= 0.3 is 0 Å². The fraction of sp³-hybridized carbons (Fsp3) is 0.250. The molecule has 294 valence electrons. The molecule has 4 N–H and O–H groups in total. The molecule has 57 heavy (non-hydrogen) atoms. The van der Waals surface area contributed by atoms with Gasteiger partial charge in [0.2, 0.25) is 0 Å². The molecule has 7 rings (SSSR count). The molecular formula is C40H42N10O5S2. The highest BCUT2D eigenvalue weighted by atomic mass is 32.2. The molecule has 0 radical (unpaired) electrons. The van der Waals surface area contributed by atoms with Gasteiger partial charge in [-0.3, -0.25) is 25.3 Å². The molecule has 15 nitrogen and oxygen atoms in total. The third-order valence-corrected chi connectivity index (χ3v) is 12.1. The summed E-state index contributed by atoms with van der Waals surface area (Å²) in [5.74, 6) is 0.537. The Hall–Kier alpha value is -5.88. The average molecular weight is 807 g/mol. The number of sulfonamides is 1. The first-order valence-corrected chi connectivity index (χ1v) is 20.8. The van der Waals surface area contributed by atoms with E-state index < -0.39 is 15.9 Å². The minimum atomic E-state index is -4.41. The largest absolute Gasteiger partial charge is 0.352 e. The molecule has 0 unspecified atom stereocenters. The van der Waals surface area contributed by atoms with Crippen molar-refractivity contribution in [2.45, 2.75) is 35.6 Å². The summed E-state index contributed by atoms with van der Waals surface area (Å²) in [5, 5.41) is 17.1. The number of anilines is 3. The van der Waals surface area contributed by atoms with E-state index in [0.717, 1.165) is 34.7 Å². The van der Waals surface area contributed by atoms with E-state index >= 15 is 0 Å². The zero-order chi connectivity index (χ0) is 39.9. The Kier molecular flexibility index (Phi) is 12.1. The highest BCUT2D eigenvalue weighted by Gasteiger charge is 2.26. The predicted molar refractivity (Wildman–Crippen MR) is 218 cm³/mol. The van der Waals surface area contributed by atoms with Crippen molar-refractivity contribution in [3.8, 4) is 0 Å². The Morgan fingerprint density at radius 3 is 2.60 bits per heavy atom. The zero-order valence-electron chi connectivity index (χ0n) is 31.4. The van der Waals surface area contributed by atoms with Crippen LogP contribution in [0.4, 0.5) is 17.3 Å². The molecule has 17 heteroatoms. The van der Waals surface area contributed by atoms with Gasteiger partial charge in [0, 0.05) is 41.7 Å². The van der Waals surface area contributed by atoms with Gasteiger partial charge in [0.15, 0.2) is 11.5 Å². The van der Waals surface area contributed by atoms with E-state index in [4.69, 9.17) is 0 Å². The summed E-state index contributed by atoms with van der Waals surface area (Å²) in [5.41, 5.74) is 5.55. The molecule has 0 spiro atoms. The second kappa shape index (κ2) is 17.5. The number of rotatable bonds is 15. The topological polar surface area (TPSA) is 187 Å². The molecule has 1 aliphatic heterocycles. The molecule has 0 saturated carbocycles. The number of hydrogen-bond acceptors (Lipinski definition) is 13. The van der Waals surface area contributed by atoms with Crippen molar-refractivity contribution >= 4 is 56.6 Å². The Morgan fingerprint density at radius 2 is 1.81 bits per heavy atom. The van der Waals surface area contributed by atoms with Crippen LogP contribution in [0, 0.1) is 5.92 Å². The maximum Gasteiger partial charge on any atom is 0.283 e. The van der Waals surface area contributed by atoms with E-state index in [1.54, 1.807) is 59.0 Å². The highest BCUT2D eigenvalue weighted by Crippen LogP contribution is 2.29. The standard InChI is InChI=1S/C40H42N10O5S2/c1-48(2)19-16-27(26-56-29-10-4-3-5-11-29)21-34-35(46-53)22-30(23-41-34)57(54,55)47-40(52)33-13-7-14-37(43-33)49-20-17-28-9-6-12-31(32(28)24-49)39(51)45-36-25-50-38(44-36)15-8-18-42-50/h3-15,18,22-23,25,27,46,53H,16-17,19-21,24,26H2,1-2H3,(H,45,51)(H,47,52)/t27-/m0/s1. The van der Waals surface area contributed by atoms with E-state index in [9.17, 15) is 23.2 Å². The van der Waals surface area contributed by atoms with Crippen LogP contribution in [0.3, 0.4) is 0 Å². The Balaban J connectivity index is 1.03. The lowest BCUT2D eigenvalue weighted by Crippen LogP contribution is -2.34. The van der Waals surface area contributed by atoms with E-state index in [1.807, 2.05) is 49.3 Å². The first-order chi connectivity index (χ1) is 27.6. The molecule has 1 aliphatic rings. The molecule has 0 saturated heterocycles. The van der Waals surface area contributed by atoms with Crippen molar-refractivity contribution < 1.29 is 23.2 Å². The number of nitrogens with zero attached hydrogens (tertiary/aromatic N) is 7. The molecule has 4 aromatic heterocycles. The lowest BCUT2D eigenvalue weighted by atomic mass is 9.94. The lowest BCUT2D eigenvalue weighted by molar-refractivity contribution is 0.0975. The molecule has 6 aromatic rings. The van der Waals surface area contributed by atoms with Crippen molar-refractivity contribution in [3.05, 3.63) is 132 Å². The van der Waals surface area contributed by atoms with Gasteiger partial charge in [-0.05, 0) is 105 Å². The Bertz CT molecular complexity index is 2460. The molecule has 2 amide bonds. The van der Waals surface area contributed by atoms with E-state index in [-0.39, 0.29) is 28.1 Å². The van der Waals surface area contributed by atoms with Crippen LogP contribution in [0.5, 0.6) is 0 Å². The van der Waals surface area contributed by atoms with Crippen LogP contribution >= 0.6 is 11.8 Å². The molecule has 0 fully saturated rings. The Labute approximate surface area is 334 Å². The number of hydrogen-bond donors (Lipinski definition) is 4. The average Bonchev–Trinajstić information content (AvgIpc) is 3.64. The summed E-state index contributed by atoms with van der Waals surface area (Å²) in [4.78, 5) is 45.1. The maximum absolute atomic E-state index is 13.5. The molecule has 5 heterocycles. The quantitative estimate of drug-likeness (QED) is 0.0789. The fourth-order valence-corrected chi connectivity index (χ4v) is 8.59. The van der Waals surface area contributed by atoms with Crippen molar-refractivity contribution in [2.75, 3.05) is 48.6 Å². The predicted octanol–water partition coefficient (Wildman–Crippen LogP) is 5.16. The number of aromatic nitrogens is 5. The third-order valence-electron chi connectivity index (χ3n) is 9.59. The van der Waals surface area contributed by atoms with Gasteiger partial charge in [-0.2, -0.15) is 5.10 Å². The first kappa shape index (κ1) is 39.4. The number of imidazole rings is 1. The molecule has 0 aliphatic carbocycles. The van der Waals surface area contributed by atoms with E-state index in [1.165, 1.54) is 18.3 Å². The van der Waals surface area contributed by atoms with E-state index in [0.29, 0.717) is 54.5 Å². The fourth-order valence-electron chi connectivity index (χ4n) is 6.59. The maximum atomic E-state index is 13.5. The second-order valence-electron chi connectivity index (χ2n) is 13.9. The van der Waals surface area contributed by atoms with Crippen molar-refractivity contribution in [1.29, 1.82) is 0 Å². The number of pyridine rings is 2. The van der Waals surface area contributed by atoms with Crippen LogP contribution in [0.2, 0.25) is 0 Å². The van der Waals surface area contributed by atoms with Crippen LogP contribution in [0.1, 0.15) is 44.1 Å². The minimum absolute atomic E-state index is 0.113. The first-order valence-electron chi connectivity index (χ1n) is 18.3. The summed E-state index contributed by atoms with van der Waals surface area (Å²) in [6, 6.07) is 25.3. The summed E-state index contributed by atoms with van der Waals surface area (Å²) in [7, 11) is -0.395. The number of nitrogens with one attached hydrogen (secondary N) is 3. The van der Waals surface area contributed by atoms with Crippen LogP contribution in [0.25, 0.3) is 5.65 Å². The third kappa shape index (κ3) is 9.57.